The third kappa shape index (κ3) is 5.18. The van der Waals surface area contributed by atoms with Crippen molar-refractivity contribution >= 4 is 23.2 Å². The smallest absolute Gasteiger partial charge is 0.254 e. The Hall–Kier alpha value is -3.62. The van der Waals surface area contributed by atoms with Gasteiger partial charge in [-0.2, -0.15) is 0 Å². The van der Waals surface area contributed by atoms with Crippen molar-refractivity contribution in [2.75, 3.05) is 23.7 Å². The van der Waals surface area contributed by atoms with Crippen molar-refractivity contribution < 1.29 is 13.6 Å². The molecule has 2 heterocycles. The number of carbonyl (C=O) groups is 1. The Kier molecular flexibility index (Phi) is 5.83. The van der Waals surface area contributed by atoms with Gasteiger partial charge in [0.05, 0.1) is 5.56 Å². The molecule has 0 radical (unpaired) electrons. The fraction of sp³-hybridized carbons (Fsp3) is 0.111. The van der Waals surface area contributed by atoms with Crippen molar-refractivity contribution in [3.05, 3.63) is 72.1 Å². The second-order valence-corrected chi connectivity index (χ2v) is 5.47. The highest BCUT2D eigenvalue weighted by Crippen LogP contribution is 2.13. The molecule has 3 rings (SSSR count). The van der Waals surface area contributed by atoms with Crippen LogP contribution in [0.15, 0.2) is 54.9 Å². The zero-order valence-corrected chi connectivity index (χ0v) is 14.1. The fourth-order valence-corrected chi connectivity index (χ4v) is 2.21. The zero-order chi connectivity index (χ0) is 19.1. The van der Waals surface area contributed by atoms with Gasteiger partial charge in [0.25, 0.3) is 5.91 Å². The molecule has 0 fully saturated rings. The number of anilines is 3. The molecule has 0 saturated heterocycles. The standard InChI is InChI=1S/C18H16F2N6O/c19-12-1-2-14(15(20)11-12)18(27)23-10-9-22-16-3-4-17(26-25-16)24-13-5-7-21-8-6-13/h1-8,11H,9-10H2,(H,22,25)(H,23,27)(H,21,24,26). The number of rotatable bonds is 7. The summed E-state index contributed by atoms with van der Waals surface area (Å²) in [7, 11) is 0. The number of hydrogen-bond acceptors (Lipinski definition) is 6. The number of pyridine rings is 1. The topological polar surface area (TPSA) is 91.8 Å². The number of amides is 1. The van der Waals surface area contributed by atoms with Crippen LogP contribution in [0.1, 0.15) is 10.4 Å². The summed E-state index contributed by atoms with van der Waals surface area (Å²) < 4.78 is 26.4. The van der Waals surface area contributed by atoms with Crippen LogP contribution >= 0.6 is 0 Å². The summed E-state index contributed by atoms with van der Waals surface area (Å²) in [6.07, 6.45) is 3.33. The summed E-state index contributed by atoms with van der Waals surface area (Å²) in [6.45, 7) is 0.592. The van der Waals surface area contributed by atoms with Gasteiger partial charge in [-0.3, -0.25) is 9.78 Å². The molecule has 3 N–H and O–H groups in total. The predicted molar refractivity (Wildman–Crippen MR) is 96.7 cm³/mol. The van der Waals surface area contributed by atoms with Gasteiger partial charge in [0.2, 0.25) is 0 Å². The molecule has 0 aliphatic rings. The first-order valence-electron chi connectivity index (χ1n) is 8.10. The van der Waals surface area contributed by atoms with Crippen molar-refractivity contribution in [3.63, 3.8) is 0 Å². The minimum atomic E-state index is -0.899. The normalized spacial score (nSPS) is 10.3. The first kappa shape index (κ1) is 18.2. The number of aromatic nitrogens is 3. The SMILES string of the molecule is O=C(NCCNc1ccc(Nc2ccncc2)nn1)c1ccc(F)cc1F. The van der Waals surface area contributed by atoms with Gasteiger partial charge in [0, 0.05) is 37.2 Å². The van der Waals surface area contributed by atoms with Gasteiger partial charge in [-0.25, -0.2) is 8.78 Å². The van der Waals surface area contributed by atoms with E-state index >= 15 is 0 Å². The summed E-state index contributed by atoms with van der Waals surface area (Å²) in [4.78, 5) is 15.8. The van der Waals surface area contributed by atoms with Gasteiger partial charge in [0.1, 0.15) is 17.5 Å². The number of nitrogens with zero attached hydrogens (tertiary/aromatic N) is 3. The summed E-state index contributed by atoms with van der Waals surface area (Å²) in [6, 6.07) is 9.91. The maximum atomic E-state index is 13.5. The molecule has 0 bridgehead atoms. The molecule has 0 unspecified atom stereocenters. The third-order valence-corrected chi connectivity index (χ3v) is 3.51. The Morgan fingerprint density at radius 1 is 0.926 bits per heavy atom. The van der Waals surface area contributed by atoms with E-state index in [0.717, 1.165) is 17.8 Å². The summed E-state index contributed by atoms with van der Waals surface area (Å²) in [5.41, 5.74) is 0.637. The Labute approximate surface area is 153 Å². The molecule has 27 heavy (non-hydrogen) atoms. The van der Waals surface area contributed by atoms with Gasteiger partial charge in [-0.05, 0) is 36.4 Å². The highest BCUT2D eigenvalue weighted by molar-refractivity contribution is 5.94. The van der Waals surface area contributed by atoms with Crippen LogP contribution in [-0.4, -0.2) is 34.2 Å². The summed E-state index contributed by atoms with van der Waals surface area (Å²) in [5, 5.41) is 16.7. The maximum Gasteiger partial charge on any atom is 0.254 e. The molecule has 3 aromatic rings. The first-order valence-corrected chi connectivity index (χ1v) is 8.10. The molecular formula is C18H16F2N6O. The molecule has 1 amide bonds. The maximum absolute atomic E-state index is 13.5. The van der Waals surface area contributed by atoms with Crippen LogP contribution in [0.2, 0.25) is 0 Å². The van der Waals surface area contributed by atoms with E-state index in [9.17, 15) is 13.6 Å². The molecule has 138 valence electrons. The molecule has 0 atom stereocenters. The van der Waals surface area contributed by atoms with Gasteiger partial charge in [0.15, 0.2) is 5.82 Å². The lowest BCUT2D eigenvalue weighted by atomic mass is 10.2. The van der Waals surface area contributed by atoms with Crippen LogP contribution < -0.4 is 16.0 Å². The Morgan fingerprint density at radius 2 is 1.67 bits per heavy atom. The minimum Gasteiger partial charge on any atom is -0.367 e. The zero-order valence-electron chi connectivity index (χ0n) is 14.1. The van der Waals surface area contributed by atoms with E-state index < -0.39 is 17.5 Å². The second kappa shape index (κ2) is 8.65. The first-order chi connectivity index (χ1) is 13.1. The highest BCUT2D eigenvalue weighted by Gasteiger charge is 2.11. The van der Waals surface area contributed by atoms with E-state index in [1.165, 1.54) is 0 Å². The average molecular weight is 370 g/mol. The number of carbonyl (C=O) groups excluding carboxylic acids is 1. The van der Waals surface area contributed by atoms with Crippen molar-refractivity contribution in [2.24, 2.45) is 0 Å². The minimum absolute atomic E-state index is 0.206. The Bertz CT molecular complexity index is 905. The van der Waals surface area contributed by atoms with Gasteiger partial charge >= 0.3 is 0 Å². The fourth-order valence-electron chi connectivity index (χ4n) is 2.21. The molecule has 2 aromatic heterocycles. The molecule has 1 aromatic carbocycles. The van der Waals surface area contributed by atoms with E-state index in [4.69, 9.17) is 0 Å². The van der Waals surface area contributed by atoms with E-state index in [-0.39, 0.29) is 12.1 Å². The van der Waals surface area contributed by atoms with E-state index in [1.54, 1.807) is 36.7 Å². The van der Waals surface area contributed by atoms with Gasteiger partial charge in [-0.1, -0.05) is 0 Å². The average Bonchev–Trinajstić information content (AvgIpc) is 2.67. The van der Waals surface area contributed by atoms with Crippen molar-refractivity contribution in [1.29, 1.82) is 0 Å². The Morgan fingerprint density at radius 3 is 2.37 bits per heavy atom. The number of nitrogens with one attached hydrogen (secondary N) is 3. The summed E-state index contributed by atoms with van der Waals surface area (Å²) >= 11 is 0. The van der Waals surface area contributed by atoms with E-state index in [0.29, 0.717) is 24.2 Å². The van der Waals surface area contributed by atoms with Crippen LogP contribution in [-0.2, 0) is 0 Å². The van der Waals surface area contributed by atoms with E-state index in [2.05, 4.69) is 31.1 Å². The van der Waals surface area contributed by atoms with Crippen LogP contribution in [0.5, 0.6) is 0 Å². The van der Waals surface area contributed by atoms with Crippen molar-refractivity contribution in [1.82, 2.24) is 20.5 Å². The van der Waals surface area contributed by atoms with Crippen molar-refractivity contribution in [3.8, 4) is 0 Å². The van der Waals surface area contributed by atoms with Gasteiger partial charge < -0.3 is 16.0 Å². The number of halogens is 2. The monoisotopic (exact) mass is 370 g/mol. The number of benzene rings is 1. The van der Waals surface area contributed by atoms with Gasteiger partial charge in [-0.15, -0.1) is 10.2 Å². The molecule has 0 spiro atoms. The largest absolute Gasteiger partial charge is 0.367 e. The quantitative estimate of drug-likeness (QED) is 0.554. The van der Waals surface area contributed by atoms with Crippen LogP contribution in [0.4, 0.5) is 26.1 Å². The third-order valence-electron chi connectivity index (χ3n) is 3.51. The molecule has 0 aliphatic heterocycles. The molecule has 0 aliphatic carbocycles. The van der Waals surface area contributed by atoms with E-state index in [1.807, 2.05) is 0 Å². The van der Waals surface area contributed by atoms with Crippen LogP contribution in [0, 0.1) is 11.6 Å². The lowest BCUT2D eigenvalue weighted by Crippen LogP contribution is -2.29. The molecular weight excluding hydrogens is 354 g/mol. The summed E-state index contributed by atoms with van der Waals surface area (Å²) in [5.74, 6) is -1.14. The van der Waals surface area contributed by atoms with Crippen LogP contribution in [0.25, 0.3) is 0 Å². The second-order valence-electron chi connectivity index (χ2n) is 5.47. The molecule has 7 nitrogen and oxygen atoms in total. The highest BCUT2D eigenvalue weighted by atomic mass is 19.1. The van der Waals surface area contributed by atoms with Crippen LogP contribution in [0.3, 0.4) is 0 Å². The Balaban J connectivity index is 1.44. The molecule has 9 heteroatoms. The van der Waals surface area contributed by atoms with Crippen molar-refractivity contribution in [2.45, 2.75) is 0 Å². The number of hydrogen-bond donors (Lipinski definition) is 3. The lowest BCUT2D eigenvalue weighted by Gasteiger charge is -2.09. The lowest BCUT2D eigenvalue weighted by molar-refractivity contribution is 0.0951. The predicted octanol–water partition coefficient (Wildman–Crippen LogP) is 2.74. The molecule has 0 saturated carbocycles.